The zero-order valence-corrected chi connectivity index (χ0v) is 19.2. The largest absolute Gasteiger partial charge is 0.416 e. The minimum Gasteiger partial charge on any atom is -0.369 e. The van der Waals surface area contributed by atoms with Crippen molar-refractivity contribution in [2.45, 2.75) is 19.3 Å². The van der Waals surface area contributed by atoms with Crippen molar-refractivity contribution >= 4 is 28.3 Å². The third-order valence-electron chi connectivity index (χ3n) is 6.28. The fourth-order valence-corrected chi connectivity index (χ4v) is 4.55. The average Bonchev–Trinajstić information content (AvgIpc) is 3.17. The Hall–Kier alpha value is -3.03. The van der Waals surface area contributed by atoms with Crippen molar-refractivity contribution in [1.82, 2.24) is 14.5 Å². The number of benzene rings is 3. The first-order valence-electron chi connectivity index (χ1n) is 11.2. The van der Waals surface area contributed by atoms with E-state index in [1.54, 1.807) is 12.1 Å². The normalized spacial score (nSPS) is 15.2. The lowest BCUT2D eigenvalue weighted by molar-refractivity contribution is -0.137. The molecule has 1 aliphatic heterocycles. The van der Waals surface area contributed by atoms with Gasteiger partial charge in [-0.25, -0.2) is 4.98 Å². The Bertz CT molecular complexity index is 1260. The van der Waals surface area contributed by atoms with E-state index in [4.69, 9.17) is 16.6 Å². The molecule has 2 heterocycles. The van der Waals surface area contributed by atoms with Crippen LogP contribution >= 0.6 is 11.6 Å². The van der Waals surface area contributed by atoms with Gasteiger partial charge in [0, 0.05) is 43.4 Å². The van der Waals surface area contributed by atoms with Gasteiger partial charge in [0.1, 0.15) is 5.82 Å². The van der Waals surface area contributed by atoms with Crippen LogP contribution in [0.2, 0.25) is 5.02 Å². The summed E-state index contributed by atoms with van der Waals surface area (Å²) in [6.45, 7) is 4.55. The first-order chi connectivity index (χ1) is 16.4. The van der Waals surface area contributed by atoms with E-state index < -0.39 is 11.7 Å². The summed E-state index contributed by atoms with van der Waals surface area (Å²) in [7, 11) is 0. The number of nitrogens with zero attached hydrogens (tertiary/aromatic N) is 4. The van der Waals surface area contributed by atoms with Gasteiger partial charge in [0.25, 0.3) is 0 Å². The van der Waals surface area contributed by atoms with Crippen LogP contribution in [0.4, 0.5) is 18.9 Å². The van der Waals surface area contributed by atoms with Crippen molar-refractivity contribution in [2.75, 3.05) is 31.1 Å². The summed E-state index contributed by atoms with van der Waals surface area (Å²) in [5, 5.41) is 0.713. The molecule has 8 heteroatoms. The van der Waals surface area contributed by atoms with Crippen LogP contribution < -0.4 is 4.90 Å². The molecular weight excluding hydrogens is 461 g/mol. The third kappa shape index (κ3) is 4.91. The van der Waals surface area contributed by atoms with Gasteiger partial charge in [-0.05, 0) is 54.1 Å². The third-order valence-corrected chi connectivity index (χ3v) is 6.54. The molecule has 0 bridgehead atoms. The van der Waals surface area contributed by atoms with Gasteiger partial charge in [0.2, 0.25) is 0 Å². The molecule has 0 aliphatic carbocycles. The van der Waals surface area contributed by atoms with Crippen molar-refractivity contribution in [1.29, 1.82) is 0 Å². The summed E-state index contributed by atoms with van der Waals surface area (Å²) in [6.07, 6.45) is -4.31. The van der Waals surface area contributed by atoms with Crippen molar-refractivity contribution in [3.63, 3.8) is 0 Å². The molecule has 176 valence electrons. The van der Waals surface area contributed by atoms with Gasteiger partial charge in [0.05, 0.1) is 23.1 Å². The quantitative estimate of drug-likeness (QED) is 0.343. The lowest BCUT2D eigenvalue weighted by atomic mass is 10.1. The molecule has 1 aliphatic rings. The second-order valence-electron chi connectivity index (χ2n) is 8.54. The SMILES string of the molecule is FC(F)(F)c1ccc(N2CCN(Cc3nc4ccccc4n3Cc3ccc(Cl)cc3)CC2)cc1. The molecule has 0 amide bonds. The van der Waals surface area contributed by atoms with Gasteiger partial charge in [-0.2, -0.15) is 13.2 Å². The second kappa shape index (κ2) is 9.31. The number of hydrogen-bond donors (Lipinski definition) is 0. The lowest BCUT2D eigenvalue weighted by Gasteiger charge is -2.36. The van der Waals surface area contributed by atoms with Crippen LogP contribution in [0.5, 0.6) is 0 Å². The zero-order chi connectivity index (χ0) is 23.7. The van der Waals surface area contributed by atoms with Crippen LogP contribution in [0.25, 0.3) is 11.0 Å². The summed E-state index contributed by atoms with van der Waals surface area (Å²) in [4.78, 5) is 9.39. The van der Waals surface area contributed by atoms with Crippen molar-refractivity contribution < 1.29 is 13.2 Å². The number of piperazine rings is 1. The molecule has 0 radical (unpaired) electrons. The van der Waals surface area contributed by atoms with E-state index in [1.165, 1.54) is 0 Å². The number of para-hydroxylation sites is 2. The molecule has 1 fully saturated rings. The molecule has 4 aromatic rings. The summed E-state index contributed by atoms with van der Waals surface area (Å²) in [5.74, 6) is 0.999. The number of halogens is 4. The van der Waals surface area contributed by atoms with Gasteiger partial charge in [-0.15, -0.1) is 0 Å². The standard InChI is InChI=1S/C26H24ClF3N4/c27-21-9-5-19(6-10-21)17-34-24-4-2-1-3-23(24)31-25(34)18-32-13-15-33(16-14-32)22-11-7-20(8-12-22)26(28,29)30/h1-12H,13-18H2. The Morgan fingerprint density at radius 1 is 0.794 bits per heavy atom. The predicted octanol–water partition coefficient (Wildman–Crippen LogP) is 6.08. The van der Waals surface area contributed by atoms with Gasteiger partial charge < -0.3 is 9.47 Å². The maximum absolute atomic E-state index is 12.9. The fraction of sp³-hybridized carbons (Fsp3) is 0.269. The highest BCUT2D eigenvalue weighted by Gasteiger charge is 2.30. The molecular formula is C26H24ClF3N4. The number of hydrogen-bond acceptors (Lipinski definition) is 3. The molecule has 0 atom stereocenters. The van der Waals surface area contributed by atoms with Crippen LogP contribution in [-0.2, 0) is 19.3 Å². The number of alkyl halides is 3. The molecule has 1 saturated heterocycles. The topological polar surface area (TPSA) is 24.3 Å². The van der Waals surface area contributed by atoms with Gasteiger partial charge >= 0.3 is 6.18 Å². The zero-order valence-electron chi connectivity index (χ0n) is 18.5. The molecule has 4 nitrogen and oxygen atoms in total. The van der Waals surface area contributed by atoms with Gasteiger partial charge in [-0.3, -0.25) is 4.90 Å². The van der Waals surface area contributed by atoms with Gasteiger partial charge in [0.15, 0.2) is 0 Å². The summed E-state index contributed by atoms with van der Waals surface area (Å²) in [5.41, 5.74) is 3.42. The molecule has 5 rings (SSSR count). The van der Waals surface area contributed by atoms with E-state index >= 15 is 0 Å². The highest BCUT2D eigenvalue weighted by Crippen LogP contribution is 2.31. The van der Waals surface area contributed by atoms with Crippen LogP contribution in [0.1, 0.15) is 17.0 Å². The molecule has 1 aromatic heterocycles. The Kier molecular flexibility index (Phi) is 6.23. The summed E-state index contributed by atoms with van der Waals surface area (Å²) >= 11 is 6.05. The van der Waals surface area contributed by atoms with Crippen molar-refractivity contribution in [3.8, 4) is 0 Å². The Balaban J connectivity index is 1.29. The summed E-state index contributed by atoms with van der Waals surface area (Å²) in [6, 6.07) is 21.4. The number of rotatable bonds is 5. The number of anilines is 1. The lowest BCUT2D eigenvalue weighted by Crippen LogP contribution is -2.46. The number of fused-ring (bicyclic) bond motifs is 1. The fourth-order valence-electron chi connectivity index (χ4n) is 4.42. The van der Waals surface area contributed by atoms with E-state index in [0.29, 0.717) is 18.1 Å². The first-order valence-corrected chi connectivity index (χ1v) is 11.6. The number of aromatic nitrogens is 2. The van der Waals surface area contributed by atoms with E-state index in [2.05, 4.69) is 20.4 Å². The summed E-state index contributed by atoms with van der Waals surface area (Å²) < 4.78 is 40.8. The minimum absolute atomic E-state index is 0.616. The highest BCUT2D eigenvalue weighted by molar-refractivity contribution is 6.30. The van der Waals surface area contributed by atoms with Crippen LogP contribution in [0.15, 0.2) is 72.8 Å². The smallest absolute Gasteiger partial charge is 0.369 e. The van der Waals surface area contributed by atoms with Crippen LogP contribution in [0, 0.1) is 0 Å². The van der Waals surface area contributed by atoms with Crippen LogP contribution in [-0.4, -0.2) is 40.6 Å². The molecule has 34 heavy (non-hydrogen) atoms. The second-order valence-corrected chi connectivity index (χ2v) is 8.97. The van der Waals surface area contributed by atoms with Crippen LogP contribution in [0.3, 0.4) is 0 Å². The van der Waals surface area contributed by atoms with Crippen molar-refractivity contribution in [2.24, 2.45) is 0 Å². The maximum Gasteiger partial charge on any atom is 0.416 e. The van der Waals surface area contributed by atoms with E-state index in [1.807, 2.05) is 42.5 Å². The average molecular weight is 485 g/mol. The Labute approximate surface area is 201 Å². The molecule has 3 aromatic carbocycles. The monoisotopic (exact) mass is 484 g/mol. The van der Waals surface area contributed by atoms with E-state index in [9.17, 15) is 13.2 Å². The Morgan fingerprint density at radius 3 is 2.15 bits per heavy atom. The molecule has 0 spiro atoms. The first kappa shape index (κ1) is 22.7. The van der Waals surface area contributed by atoms with Gasteiger partial charge in [-0.1, -0.05) is 35.9 Å². The Morgan fingerprint density at radius 2 is 1.47 bits per heavy atom. The highest BCUT2D eigenvalue weighted by atomic mass is 35.5. The molecule has 0 N–H and O–H groups in total. The van der Waals surface area contributed by atoms with E-state index in [0.717, 1.165) is 66.4 Å². The predicted molar refractivity (Wildman–Crippen MR) is 129 cm³/mol. The maximum atomic E-state index is 12.9. The molecule has 0 saturated carbocycles. The minimum atomic E-state index is -4.31. The van der Waals surface area contributed by atoms with Crippen molar-refractivity contribution in [3.05, 3.63) is 94.8 Å². The van der Waals surface area contributed by atoms with E-state index in [-0.39, 0.29) is 0 Å². The molecule has 0 unspecified atom stereocenters. The number of imidazole rings is 1.